The number of ether oxygens (including phenoxy) is 1. The van der Waals surface area contributed by atoms with E-state index in [9.17, 15) is 22.8 Å². The Hall–Kier alpha value is -2.25. The largest absolute Gasteiger partial charge is 0.479 e. The lowest BCUT2D eigenvalue weighted by Crippen LogP contribution is -2.26. The Balaban J connectivity index is 2.08. The predicted molar refractivity (Wildman–Crippen MR) is 103 cm³/mol. The van der Waals surface area contributed by atoms with E-state index in [2.05, 4.69) is 0 Å². The summed E-state index contributed by atoms with van der Waals surface area (Å²) in [5.74, 6) is -1.36. The molecule has 29 heavy (non-hydrogen) atoms. The molecule has 2 rings (SSSR count). The van der Waals surface area contributed by atoms with Gasteiger partial charge in [0, 0.05) is 12.0 Å². The SMILES string of the molecule is CCC(Oc1ccc(CCC(=O)c2ccc(C(F)(F)F)cc2)c(Cl)c1Cl)C(=O)O. The molecule has 2 aromatic carbocycles. The number of aliphatic carboxylic acids is 1. The maximum Gasteiger partial charge on any atom is 0.416 e. The third-order valence-electron chi connectivity index (χ3n) is 4.20. The number of hydrogen-bond donors (Lipinski definition) is 1. The number of ketones is 1. The first-order valence-electron chi connectivity index (χ1n) is 8.61. The van der Waals surface area contributed by atoms with Gasteiger partial charge < -0.3 is 9.84 Å². The van der Waals surface area contributed by atoms with Crippen LogP contribution in [0.15, 0.2) is 36.4 Å². The number of halogens is 5. The second-order valence-corrected chi connectivity index (χ2v) is 6.96. The maximum atomic E-state index is 12.6. The lowest BCUT2D eigenvalue weighted by Gasteiger charge is -2.16. The summed E-state index contributed by atoms with van der Waals surface area (Å²) >= 11 is 12.4. The molecule has 0 radical (unpaired) electrons. The molecule has 0 aliphatic carbocycles. The summed E-state index contributed by atoms with van der Waals surface area (Å²) in [5, 5.41) is 9.23. The Morgan fingerprint density at radius 2 is 1.69 bits per heavy atom. The summed E-state index contributed by atoms with van der Waals surface area (Å²) in [6.45, 7) is 1.65. The molecule has 0 aliphatic heterocycles. The maximum absolute atomic E-state index is 12.6. The van der Waals surface area contributed by atoms with E-state index >= 15 is 0 Å². The molecule has 0 bridgehead atoms. The monoisotopic (exact) mass is 448 g/mol. The number of hydrogen-bond acceptors (Lipinski definition) is 3. The van der Waals surface area contributed by atoms with E-state index in [0.717, 1.165) is 24.3 Å². The van der Waals surface area contributed by atoms with Crippen LogP contribution in [-0.2, 0) is 17.4 Å². The van der Waals surface area contributed by atoms with E-state index in [0.29, 0.717) is 5.56 Å². The first-order valence-corrected chi connectivity index (χ1v) is 9.37. The number of aryl methyl sites for hydroxylation is 1. The molecule has 0 fully saturated rings. The number of alkyl halides is 3. The van der Waals surface area contributed by atoms with Crippen LogP contribution < -0.4 is 4.74 Å². The summed E-state index contributed by atoms with van der Waals surface area (Å²) in [6, 6.07) is 7.02. The molecule has 0 saturated heterocycles. The van der Waals surface area contributed by atoms with Gasteiger partial charge in [-0.15, -0.1) is 0 Å². The Labute approximate surface area is 175 Å². The summed E-state index contributed by atoms with van der Waals surface area (Å²) in [6.07, 6.45) is -5.10. The Morgan fingerprint density at radius 1 is 1.07 bits per heavy atom. The van der Waals surface area contributed by atoms with Crippen LogP contribution in [-0.4, -0.2) is 23.0 Å². The zero-order valence-electron chi connectivity index (χ0n) is 15.2. The lowest BCUT2D eigenvalue weighted by atomic mass is 10.0. The highest BCUT2D eigenvalue weighted by molar-refractivity contribution is 6.43. The van der Waals surface area contributed by atoms with E-state index in [1.165, 1.54) is 6.07 Å². The van der Waals surface area contributed by atoms with E-state index in [1.54, 1.807) is 13.0 Å². The average Bonchev–Trinajstić information content (AvgIpc) is 2.67. The minimum atomic E-state index is -4.47. The highest BCUT2D eigenvalue weighted by Crippen LogP contribution is 2.36. The van der Waals surface area contributed by atoms with Gasteiger partial charge in [0.1, 0.15) is 10.8 Å². The van der Waals surface area contributed by atoms with E-state index in [-0.39, 0.29) is 46.4 Å². The van der Waals surface area contributed by atoms with Crippen molar-refractivity contribution in [2.75, 3.05) is 0 Å². The van der Waals surface area contributed by atoms with Gasteiger partial charge in [-0.3, -0.25) is 4.79 Å². The first kappa shape index (κ1) is 23.0. The molecule has 156 valence electrons. The number of Topliss-reactive ketones (excluding diaryl/α,β-unsaturated/α-hetero) is 1. The number of carbonyl (C=O) groups is 2. The van der Waals surface area contributed by atoms with Crippen LogP contribution in [0.3, 0.4) is 0 Å². The van der Waals surface area contributed by atoms with Crippen molar-refractivity contribution in [3.8, 4) is 5.75 Å². The third-order valence-corrected chi connectivity index (χ3v) is 5.10. The standard InChI is InChI=1S/C20H17Cl2F3O4/c1-2-15(19(27)28)29-16-10-6-12(17(21)18(16)22)5-9-14(26)11-3-7-13(8-4-11)20(23,24)25/h3-4,6-8,10,15H,2,5,9H2,1H3,(H,27,28). The van der Waals surface area contributed by atoms with Gasteiger partial charge in [-0.05, 0) is 36.6 Å². The summed E-state index contributed by atoms with van der Waals surface area (Å²) in [4.78, 5) is 23.3. The minimum absolute atomic E-state index is 0.00826. The molecule has 0 amide bonds. The van der Waals surface area contributed by atoms with Crippen LogP contribution in [0.4, 0.5) is 13.2 Å². The van der Waals surface area contributed by atoms with Crippen LogP contribution >= 0.6 is 23.2 Å². The number of carbonyl (C=O) groups excluding carboxylic acids is 1. The van der Waals surface area contributed by atoms with Gasteiger partial charge in [0.25, 0.3) is 0 Å². The number of rotatable bonds is 8. The summed E-state index contributed by atoms with van der Waals surface area (Å²) in [5.41, 5.74) is -0.133. The van der Waals surface area contributed by atoms with E-state index in [1.807, 2.05) is 0 Å². The second kappa shape index (κ2) is 9.50. The number of carboxylic acids is 1. The quantitative estimate of drug-likeness (QED) is 0.497. The van der Waals surface area contributed by atoms with Crippen molar-refractivity contribution in [2.45, 2.75) is 38.5 Å². The van der Waals surface area contributed by atoms with Gasteiger partial charge in [0.05, 0.1) is 10.6 Å². The molecular weight excluding hydrogens is 432 g/mol. The van der Waals surface area contributed by atoms with Crippen LogP contribution in [0.2, 0.25) is 10.0 Å². The molecular formula is C20H17Cl2F3O4. The molecule has 0 aliphatic rings. The summed E-state index contributed by atoms with van der Waals surface area (Å²) < 4.78 is 43.1. The van der Waals surface area contributed by atoms with Gasteiger partial charge in [0.15, 0.2) is 11.9 Å². The van der Waals surface area contributed by atoms with Gasteiger partial charge >= 0.3 is 12.1 Å². The highest BCUT2D eigenvalue weighted by Gasteiger charge is 2.30. The molecule has 2 aromatic rings. The Morgan fingerprint density at radius 3 is 2.21 bits per heavy atom. The molecule has 9 heteroatoms. The molecule has 1 N–H and O–H groups in total. The smallest absolute Gasteiger partial charge is 0.416 e. The zero-order chi connectivity index (χ0) is 21.8. The van der Waals surface area contributed by atoms with Crippen molar-refractivity contribution >= 4 is 35.0 Å². The molecule has 4 nitrogen and oxygen atoms in total. The second-order valence-electron chi connectivity index (χ2n) is 6.20. The molecule has 0 spiro atoms. The van der Waals surface area contributed by atoms with Crippen molar-refractivity contribution in [1.82, 2.24) is 0 Å². The lowest BCUT2D eigenvalue weighted by molar-refractivity contribution is -0.145. The van der Waals surface area contributed by atoms with Crippen molar-refractivity contribution in [1.29, 1.82) is 0 Å². The molecule has 0 aromatic heterocycles. The third kappa shape index (κ3) is 5.87. The fraction of sp³-hybridized carbons (Fsp3) is 0.300. The number of carboxylic acid groups (broad SMARTS) is 1. The fourth-order valence-electron chi connectivity index (χ4n) is 2.56. The first-order chi connectivity index (χ1) is 13.5. The number of benzene rings is 2. The van der Waals surface area contributed by atoms with Gasteiger partial charge in [0.2, 0.25) is 0 Å². The predicted octanol–water partition coefficient (Wildman–Crippen LogP) is 6.07. The van der Waals surface area contributed by atoms with Crippen LogP contribution in [0.5, 0.6) is 5.75 Å². The minimum Gasteiger partial charge on any atom is -0.479 e. The van der Waals surface area contributed by atoms with Gasteiger partial charge in [-0.2, -0.15) is 13.2 Å². The topological polar surface area (TPSA) is 63.6 Å². The molecule has 1 unspecified atom stereocenters. The van der Waals surface area contributed by atoms with Crippen molar-refractivity contribution < 1.29 is 32.6 Å². The van der Waals surface area contributed by atoms with Crippen molar-refractivity contribution in [2.24, 2.45) is 0 Å². The van der Waals surface area contributed by atoms with E-state index in [4.69, 9.17) is 33.0 Å². The molecule has 1 atom stereocenters. The average molecular weight is 449 g/mol. The normalized spacial score (nSPS) is 12.5. The van der Waals surface area contributed by atoms with Crippen LogP contribution in [0.25, 0.3) is 0 Å². The van der Waals surface area contributed by atoms with Crippen LogP contribution in [0, 0.1) is 0 Å². The molecule has 0 heterocycles. The fourth-order valence-corrected chi connectivity index (χ4v) is 3.03. The summed E-state index contributed by atoms with van der Waals surface area (Å²) in [7, 11) is 0. The van der Waals surface area contributed by atoms with Gasteiger partial charge in [-0.1, -0.05) is 48.3 Å². The highest BCUT2D eigenvalue weighted by atomic mass is 35.5. The van der Waals surface area contributed by atoms with Crippen molar-refractivity contribution in [3.05, 3.63) is 63.1 Å². The molecule has 0 saturated carbocycles. The Bertz CT molecular complexity index is 896. The van der Waals surface area contributed by atoms with E-state index < -0.39 is 23.8 Å². The van der Waals surface area contributed by atoms with Gasteiger partial charge in [-0.25, -0.2) is 4.79 Å². The van der Waals surface area contributed by atoms with Crippen LogP contribution in [0.1, 0.15) is 41.3 Å². The Kier molecular flexibility index (Phi) is 7.54. The van der Waals surface area contributed by atoms with Crippen molar-refractivity contribution in [3.63, 3.8) is 0 Å². The zero-order valence-corrected chi connectivity index (χ0v) is 16.7.